The summed E-state index contributed by atoms with van der Waals surface area (Å²) in [6, 6.07) is 23.8. The van der Waals surface area contributed by atoms with Crippen molar-refractivity contribution in [2.45, 2.75) is 51.5 Å². The normalized spacial score (nSPS) is 14.1. The van der Waals surface area contributed by atoms with Crippen molar-refractivity contribution in [3.8, 4) is 0 Å². The van der Waals surface area contributed by atoms with E-state index in [2.05, 4.69) is 55.3 Å². The molecule has 0 fully saturated rings. The molecule has 1 heterocycles. The Hall–Kier alpha value is -3.35. The quantitative estimate of drug-likeness (QED) is 0.200. The predicted molar refractivity (Wildman–Crippen MR) is 163 cm³/mol. The molecule has 6 heteroatoms. The van der Waals surface area contributed by atoms with Gasteiger partial charge in [0.2, 0.25) is 0 Å². The number of hydrogen-bond donors (Lipinski definition) is 1. The van der Waals surface area contributed by atoms with Gasteiger partial charge in [-0.3, -0.25) is 9.59 Å². The molecule has 0 spiro atoms. The topological polar surface area (TPSA) is 52.7 Å². The van der Waals surface area contributed by atoms with Gasteiger partial charge in [-0.05, 0) is 87.3 Å². The lowest BCUT2D eigenvalue weighted by Gasteiger charge is -2.30. The molecule has 204 valence electrons. The summed E-state index contributed by atoms with van der Waals surface area (Å²) >= 11 is 1.50. The van der Waals surface area contributed by atoms with Gasteiger partial charge in [-0.15, -0.1) is 0 Å². The van der Waals surface area contributed by atoms with Crippen LogP contribution < -0.4 is 10.2 Å². The first-order chi connectivity index (χ1) is 19.0. The fourth-order valence-corrected chi connectivity index (χ4v) is 5.93. The van der Waals surface area contributed by atoms with E-state index in [4.69, 9.17) is 0 Å². The molecule has 1 aliphatic heterocycles. The van der Waals surface area contributed by atoms with E-state index in [1.807, 2.05) is 59.5 Å². The number of para-hydroxylation sites is 1. The molecule has 4 rings (SSSR count). The van der Waals surface area contributed by atoms with Crippen LogP contribution in [0.3, 0.4) is 0 Å². The SMILES string of the molecule is CCCN(CCC)CCCNC(=O)c1ccc(C=C2Sc3ccccc3N(Cc3cccc(C)c3)C2=O)cc1. The zero-order valence-corrected chi connectivity index (χ0v) is 24.1. The highest BCUT2D eigenvalue weighted by Gasteiger charge is 2.29. The molecule has 2 amide bonds. The molecule has 0 atom stereocenters. The van der Waals surface area contributed by atoms with Crippen molar-refractivity contribution >= 4 is 35.3 Å². The molecule has 0 radical (unpaired) electrons. The van der Waals surface area contributed by atoms with Gasteiger partial charge in [0.05, 0.1) is 17.1 Å². The molecule has 0 unspecified atom stereocenters. The third-order valence-corrected chi connectivity index (χ3v) is 7.82. The number of nitrogens with one attached hydrogen (secondary N) is 1. The van der Waals surface area contributed by atoms with Gasteiger partial charge in [-0.1, -0.05) is 79.7 Å². The van der Waals surface area contributed by atoms with E-state index in [1.54, 1.807) is 0 Å². The van der Waals surface area contributed by atoms with Gasteiger partial charge in [0, 0.05) is 17.0 Å². The standard InChI is InChI=1S/C33H39N3O2S/c1-4-19-35(20-5-2)21-9-18-34-32(37)28-16-14-26(15-17-28)23-31-33(38)36(24-27-11-8-10-25(3)22-27)29-12-6-7-13-30(29)39-31/h6-8,10-17,22-23H,4-5,9,18-21,24H2,1-3H3,(H,34,37). The van der Waals surface area contributed by atoms with Gasteiger partial charge in [0.15, 0.2) is 0 Å². The van der Waals surface area contributed by atoms with Crippen LogP contribution >= 0.6 is 11.8 Å². The summed E-state index contributed by atoms with van der Waals surface area (Å²) < 4.78 is 0. The van der Waals surface area contributed by atoms with E-state index in [0.29, 0.717) is 23.6 Å². The van der Waals surface area contributed by atoms with Crippen molar-refractivity contribution in [3.63, 3.8) is 0 Å². The number of nitrogens with zero attached hydrogens (tertiary/aromatic N) is 2. The Balaban J connectivity index is 1.41. The predicted octanol–water partition coefficient (Wildman–Crippen LogP) is 6.92. The van der Waals surface area contributed by atoms with E-state index < -0.39 is 0 Å². The number of carbonyl (C=O) groups excluding carboxylic acids is 2. The number of benzene rings is 3. The van der Waals surface area contributed by atoms with E-state index in [0.717, 1.165) is 60.6 Å². The smallest absolute Gasteiger partial charge is 0.265 e. The molecule has 0 saturated carbocycles. The van der Waals surface area contributed by atoms with Crippen molar-refractivity contribution in [1.82, 2.24) is 10.2 Å². The van der Waals surface area contributed by atoms with Gasteiger partial charge >= 0.3 is 0 Å². The van der Waals surface area contributed by atoms with Crippen LogP contribution in [0.2, 0.25) is 0 Å². The van der Waals surface area contributed by atoms with Crippen LogP contribution in [0.15, 0.2) is 82.6 Å². The fourth-order valence-electron chi connectivity index (χ4n) is 4.87. The van der Waals surface area contributed by atoms with Crippen LogP contribution in [0.25, 0.3) is 6.08 Å². The van der Waals surface area contributed by atoms with Crippen LogP contribution in [0.4, 0.5) is 5.69 Å². The number of aryl methyl sites for hydroxylation is 1. The van der Waals surface area contributed by atoms with Crippen LogP contribution in [0.1, 0.15) is 60.2 Å². The van der Waals surface area contributed by atoms with Gasteiger partial charge < -0.3 is 15.1 Å². The zero-order chi connectivity index (χ0) is 27.6. The second kappa shape index (κ2) is 14.2. The second-order valence-electron chi connectivity index (χ2n) is 10.0. The maximum absolute atomic E-state index is 13.6. The van der Waals surface area contributed by atoms with Crippen molar-refractivity contribution in [2.24, 2.45) is 0 Å². The lowest BCUT2D eigenvalue weighted by molar-refractivity contribution is -0.114. The van der Waals surface area contributed by atoms with Crippen molar-refractivity contribution in [3.05, 3.63) is 100.0 Å². The number of anilines is 1. The van der Waals surface area contributed by atoms with E-state index in [-0.39, 0.29) is 11.8 Å². The van der Waals surface area contributed by atoms with E-state index >= 15 is 0 Å². The molecule has 1 aliphatic rings. The first kappa shape index (κ1) is 28.7. The lowest BCUT2D eigenvalue weighted by Crippen LogP contribution is -2.33. The molecule has 3 aromatic carbocycles. The molecule has 5 nitrogen and oxygen atoms in total. The first-order valence-corrected chi connectivity index (χ1v) is 14.8. The molecule has 39 heavy (non-hydrogen) atoms. The molecule has 1 N–H and O–H groups in total. The molecule has 0 aromatic heterocycles. The van der Waals surface area contributed by atoms with E-state index in [9.17, 15) is 9.59 Å². The maximum Gasteiger partial charge on any atom is 0.265 e. The molecular formula is C33H39N3O2S. The summed E-state index contributed by atoms with van der Waals surface area (Å²) in [6.07, 6.45) is 5.16. The number of carbonyl (C=O) groups is 2. The average Bonchev–Trinajstić information content (AvgIpc) is 2.94. The Labute approximate surface area is 237 Å². The Bertz CT molecular complexity index is 1300. The van der Waals surface area contributed by atoms with Crippen LogP contribution in [-0.2, 0) is 11.3 Å². The van der Waals surface area contributed by atoms with Crippen molar-refractivity contribution in [2.75, 3.05) is 31.1 Å². The number of hydrogen-bond acceptors (Lipinski definition) is 4. The van der Waals surface area contributed by atoms with Crippen LogP contribution in [0.5, 0.6) is 0 Å². The van der Waals surface area contributed by atoms with Gasteiger partial charge in [-0.2, -0.15) is 0 Å². The molecule has 0 aliphatic carbocycles. The number of amides is 2. The largest absolute Gasteiger partial charge is 0.352 e. The van der Waals surface area contributed by atoms with E-state index in [1.165, 1.54) is 17.3 Å². The Morgan fingerprint density at radius 2 is 1.69 bits per heavy atom. The van der Waals surface area contributed by atoms with Gasteiger partial charge in [0.1, 0.15) is 0 Å². The number of rotatable bonds is 12. The molecule has 0 saturated heterocycles. The van der Waals surface area contributed by atoms with Gasteiger partial charge in [-0.25, -0.2) is 0 Å². The Morgan fingerprint density at radius 3 is 2.41 bits per heavy atom. The summed E-state index contributed by atoms with van der Waals surface area (Å²) in [5.74, 6) is -0.0738. The maximum atomic E-state index is 13.6. The summed E-state index contributed by atoms with van der Waals surface area (Å²) in [5.41, 5.74) is 4.74. The van der Waals surface area contributed by atoms with Crippen molar-refractivity contribution < 1.29 is 9.59 Å². The van der Waals surface area contributed by atoms with Crippen LogP contribution in [0, 0.1) is 6.92 Å². The minimum atomic E-state index is -0.0619. The minimum absolute atomic E-state index is 0.0118. The average molecular weight is 542 g/mol. The third-order valence-electron chi connectivity index (χ3n) is 6.74. The Kier molecular flexibility index (Phi) is 10.4. The first-order valence-electron chi connectivity index (χ1n) is 13.9. The van der Waals surface area contributed by atoms with Gasteiger partial charge in [0.25, 0.3) is 11.8 Å². The fraction of sp³-hybridized carbons (Fsp3) is 0.333. The number of fused-ring (bicyclic) bond motifs is 1. The van der Waals surface area contributed by atoms with Crippen LogP contribution in [-0.4, -0.2) is 42.9 Å². The highest BCUT2D eigenvalue weighted by Crippen LogP contribution is 2.42. The summed E-state index contributed by atoms with van der Waals surface area (Å²) in [4.78, 5) is 32.3. The zero-order valence-electron chi connectivity index (χ0n) is 23.3. The summed E-state index contributed by atoms with van der Waals surface area (Å²) in [5, 5.41) is 3.04. The molecule has 0 bridgehead atoms. The van der Waals surface area contributed by atoms with Crippen molar-refractivity contribution in [1.29, 1.82) is 0 Å². The highest BCUT2D eigenvalue weighted by atomic mass is 32.2. The second-order valence-corrected chi connectivity index (χ2v) is 11.1. The number of thioether (sulfide) groups is 1. The molecular weight excluding hydrogens is 502 g/mol. The summed E-state index contributed by atoms with van der Waals surface area (Å²) in [7, 11) is 0. The highest BCUT2D eigenvalue weighted by molar-refractivity contribution is 8.04. The molecule has 3 aromatic rings. The summed E-state index contributed by atoms with van der Waals surface area (Å²) in [6.45, 7) is 10.9. The third kappa shape index (κ3) is 7.84. The monoisotopic (exact) mass is 541 g/mol. The lowest BCUT2D eigenvalue weighted by atomic mass is 10.1. The Morgan fingerprint density at radius 1 is 0.949 bits per heavy atom. The minimum Gasteiger partial charge on any atom is -0.352 e.